The van der Waals surface area contributed by atoms with Gasteiger partial charge in [0.25, 0.3) is 0 Å². The first-order chi connectivity index (χ1) is 9.11. The van der Waals surface area contributed by atoms with E-state index in [0.717, 1.165) is 18.4 Å². The molecule has 0 amide bonds. The average molecular weight is 263 g/mol. The Morgan fingerprint density at radius 2 is 2.26 bits per heavy atom. The lowest BCUT2D eigenvalue weighted by Gasteiger charge is -2.34. The van der Waals surface area contributed by atoms with Gasteiger partial charge in [-0.2, -0.15) is 5.10 Å². The molecule has 0 spiro atoms. The molecule has 3 heteroatoms. The van der Waals surface area contributed by atoms with Crippen molar-refractivity contribution in [3.8, 4) is 0 Å². The molecule has 3 unspecified atom stereocenters. The average Bonchev–Trinajstić information content (AvgIpc) is 2.69. The molecule has 1 saturated carbocycles. The lowest BCUT2D eigenvalue weighted by atomic mass is 9.76. The maximum absolute atomic E-state index is 4.53. The minimum atomic E-state index is 0.497. The van der Waals surface area contributed by atoms with Crippen LogP contribution in [-0.4, -0.2) is 16.3 Å². The van der Waals surface area contributed by atoms with E-state index >= 15 is 0 Å². The summed E-state index contributed by atoms with van der Waals surface area (Å²) in [6, 6.07) is 0.497. The molecule has 1 N–H and O–H groups in total. The molecule has 3 nitrogen and oxygen atoms in total. The lowest BCUT2D eigenvalue weighted by Crippen LogP contribution is -2.32. The molecular formula is C16H29N3. The van der Waals surface area contributed by atoms with Crippen molar-refractivity contribution in [3.05, 3.63) is 17.5 Å². The molecule has 0 aromatic carbocycles. The molecule has 0 radical (unpaired) electrons. The molecule has 1 aromatic rings. The standard InChI is InChI=1S/C16H29N3/c1-5-9-17-16(14-8-6-7-12(2)10-14)15-11-19(4)18-13(15)3/h11-12,14,16-17H,5-10H2,1-4H3. The first kappa shape index (κ1) is 14.6. The van der Waals surface area contributed by atoms with Gasteiger partial charge in [0.1, 0.15) is 0 Å². The zero-order valence-electron chi connectivity index (χ0n) is 12.9. The molecule has 0 aliphatic heterocycles. The highest BCUT2D eigenvalue weighted by Crippen LogP contribution is 2.37. The number of aryl methyl sites for hydroxylation is 2. The fourth-order valence-electron chi connectivity index (χ4n) is 3.54. The topological polar surface area (TPSA) is 29.9 Å². The molecule has 19 heavy (non-hydrogen) atoms. The second-order valence-corrected chi connectivity index (χ2v) is 6.31. The van der Waals surface area contributed by atoms with Crippen LogP contribution in [0.15, 0.2) is 6.20 Å². The van der Waals surface area contributed by atoms with E-state index in [1.54, 1.807) is 0 Å². The third-order valence-corrected chi connectivity index (χ3v) is 4.45. The summed E-state index contributed by atoms with van der Waals surface area (Å²) in [7, 11) is 2.02. The summed E-state index contributed by atoms with van der Waals surface area (Å²) in [5, 5.41) is 8.31. The van der Waals surface area contributed by atoms with E-state index in [2.05, 4.69) is 37.4 Å². The van der Waals surface area contributed by atoms with Gasteiger partial charge in [-0.3, -0.25) is 4.68 Å². The lowest BCUT2D eigenvalue weighted by molar-refractivity contribution is 0.223. The highest BCUT2D eigenvalue weighted by Gasteiger charge is 2.29. The summed E-state index contributed by atoms with van der Waals surface area (Å²) in [5.74, 6) is 1.65. The molecule has 0 bridgehead atoms. The highest BCUT2D eigenvalue weighted by atomic mass is 15.3. The van der Waals surface area contributed by atoms with E-state index in [9.17, 15) is 0 Å². The molecule has 0 saturated heterocycles. The Morgan fingerprint density at radius 1 is 1.47 bits per heavy atom. The van der Waals surface area contributed by atoms with Crippen molar-refractivity contribution in [2.45, 2.75) is 58.9 Å². The second kappa shape index (κ2) is 6.56. The molecule has 3 atom stereocenters. The van der Waals surface area contributed by atoms with Crippen LogP contribution in [0.3, 0.4) is 0 Å². The van der Waals surface area contributed by atoms with Crippen LogP contribution in [0.25, 0.3) is 0 Å². The monoisotopic (exact) mass is 263 g/mol. The number of rotatable bonds is 5. The molecule has 1 heterocycles. The van der Waals surface area contributed by atoms with E-state index in [4.69, 9.17) is 0 Å². The van der Waals surface area contributed by atoms with Crippen molar-refractivity contribution in [2.24, 2.45) is 18.9 Å². The van der Waals surface area contributed by atoms with E-state index in [1.807, 2.05) is 11.7 Å². The Labute approximate surface area is 117 Å². The Hall–Kier alpha value is -0.830. The van der Waals surface area contributed by atoms with E-state index in [0.29, 0.717) is 6.04 Å². The Balaban J connectivity index is 2.17. The van der Waals surface area contributed by atoms with Crippen LogP contribution in [0.5, 0.6) is 0 Å². The van der Waals surface area contributed by atoms with Crippen molar-refractivity contribution in [1.29, 1.82) is 0 Å². The number of nitrogens with zero attached hydrogens (tertiary/aromatic N) is 2. The third-order valence-electron chi connectivity index (χ3n) is 4.45. The molecular weight excluding hydrogens is 234 g/mol. The number of aromatic nitrogens is 2. The molecule has 1 aliphatic rings. The second-order valence-electron chi connectivity index (χ2n) is 6.31. The van der Waals surface area contributed by atoms with Crippen LogP contribution in [0.4, 0.5) is 0 Å². The fraction of sp³-hybridized carbons (Fsp3) is 0.812. The van der Waals surface area contributed by atoms with Crippen LogP contribution in [0.1, 0.15) is 63.3 Å². The van der Waals surface area contributed by atoms with Crippen LogP contribution in [-0.2, 0) is 7.05 Å². The van der Waals surface area contributed by atoms with E-state index in [-0.39, 0.29) is 0 Å². The van der Waals surface area contributed by atoms with Crippen LogP contribution in [0.2, 0.25) is 0 Å². The Morgan fingerprint density at radius 3 is 2.84 bits per heavy atom. The minimum Gasteiger partial charge on any atom is -0.310 e. The SMILES string of the molecule is CCCNC(c1cn(C)nc1C)C1CCCC(C)C1. The van der Waals surface area contributed by atoms with Gasteiger partial charge >= 0.3 is 0 Å². The van der Waals surface area contributed by atoms with E-state index in [1.165, 1.54) is 43.4 Å². The summed E-state index contributed by atoms with van der Waals surface area (Å²) in [6.45, 7) is 7.88. The van der Waals surface area contributed by atoms with Crippen molar-refractivity contribution < 1.29 is 0 Å². The maximum Gasteiger partial charge on any atom is 0.0641 e. The molecule has 1 aliphatic carbocycles. The summed E-state index contributed by atoms with van der Waals surface area (Å²) in [4.78, 5) is 0. The van der Waals surface area contributed by atoms with Gasteiger partial charge in [0.2, 0.25) is 0 Å². The smallest absolute Gasteiger partial charge is 0.0641 e. The molecule has 2 rings (SSSR count). The summed E-state index contributed by atoms with van der Waals surface area (Å²) in [6.07, 6.45) is 8.91. The molecule has 1 fully saturated rings. The maximum atomic E-state index is 4.53. The van der Waals surface area contributed by atoms with Gasteiger partial charge in [-0.25, -0.2) is 0 Å². The van der Waals surface area contributed by atoms with Gasteiger partial charge in [-0.05, 0) is 44.6 Å². The number of hydrogen-bond donors (Lipinski definition) is 1. The first-order valence-corrected chi connectivity index (χ1v) is 7.85. The third kappa shape index (κ3) is 3.59. The predicted octanol–water partition coefficient (Wildman–Crippen LogP) is 3.60. The van der Waals surface area contributed by atoms with Gasteiger partial charge in [-0.1, -0.05) is 26.7 Å². The molecule has 1 aromatic heterocycles. The van der Waals surface area contributed by atoms with E-state index < -0.39 is 0 Å². The zero-order valence-corrected chi connectivity index (χ0v) is 12.9. The van der Waals surface area contributed by atoms with Crippen molar-refractivity contribution in [3.63, 3.8) is 0 Å². The number of nitrogens with one attached hydrogen (secondary N) is 1. The zero-order chi connectivity index (χ0) is 13.8. The van der Waals surface area contributed by atoms with Crippen molar-refractivity contribution in [2.75, 3.05) is 6.54 Å². The van der Waals surface area contributed by atoms with Crippen LogP contribution < -0.4 is 5.32 Å². The Kier molecular flexibility index (Phi) is 5.03. The number of hydrogen-bond acceptors (Lipinski definition) is 2. The van der Waals surface area contributed by atoms with Crippen LogP contribution >= 0.6 is 0 Å². The van der Waals surface area contributed by atoms with Gasteiger partial charge in [-0.15, -0.1) is 0 Å². The van der Waals surface area contributed by atoms with Gasteiger partial charge < -0.3 is 5.32 Å². The molecule has 108 valence electrons. The minimum absolute atomic E-state index is 0.497. The summed E-state index contributed by atoms with van der Waals surface area (Å²) in [5.41, 5.74) is 2.60. The van der Waals surface area contributed by atoms with Gasteiger partial charge in [0.05, 0.1) is 5.69 Å². The first-order valence-electron chi connectivity index (χ1n) is 7.85. The van der Waals surface area contributed by atoms with Crippen LogP contribution in [0, 0.1) is 18.8 Å². The van der Waals surface area contributed by atoms with Gasteiger partial charge in [0.15, 0.2) is 0 Å². The summed E-state index contributed by atoms with van der Waals surface area (Å²) >= 11 is 0. The Bertz CT molecular complexity index is 397. The summed E-state index contributed by atoms with van der Waals surface area (Å²) < 4.78 is 1.96. The van der Waals surface area contributed by atoms with Crippen molar-refractivity contribution >= 4 is 0 Å². The van der Waals surface area contributed by atoms with Crippen molar-refractivity contribution in [1.82, 2.24) is 15.1 Å². The largest absolute Gasteiger partial charge is 0.310 e. The quantitative estimate of drug-likeness (QED) is 0.879. The van der Waals surface area contributed by atoms with Gasteiger partial charge in [0, 0.05) is 24.8 Å². The normalized spacial score (nSPS) is 25.5. The predicted molar refractivity (Wildman–Crippen MR) is 80.1 cm³/mol. The fourth-order valence-corrected chi connectivity index (χ4v) is 3.54. The highest BCUT2D eigenvalue weighted by molar-refractivity contribution is 5.21.